The molecule has 2 N–H and O–H groups in total. The smallest absolute Gasteiger partial charge is 0.365 e. The van der Waals surface area contributed by atoms with Crippen LogP contribution in [-0.4, -0.2) is 30.5 Å². The number of hydrogen-bond acceptors (Lipinski definition) is 6. The van der Waals surface area contributed by atoms with Gasteiger partial charge < -0.3 is 24.0 Å². The number of hydrogen-bond donors (Lipinski definition) is 2. The largest absolute Gasteiger partial charge is 0.507 e. The van der Waals surface area contributed by atoms with E-state index in [9.17, 15) is 14.8 Å². The van der Waals surface area contributed by atoms with Crippen LogP contribution in [-0.2, 0) is 13.6 Å². The lowest BCUT2D eigenvalue weighted by Gasteiger charge is -2.18. The van der Waals surface area contributed by atoms with Crippen molar-refractivity contribution in [3.05, 3.63) is 12.1 Å². The number of phenolic OH excluding ortho intramolecular Hbond substituents is 2. The Labute approximate surface area is 106 Å². The maximum Gasteiger partial charge on any atom is 0.365 e. The third-order valence-corrected chi connectivity index (χ3v) is 4.31. The third-order valence-electron chi connectivity index (χ3n) is 2.17. The number of methoxy groups -OCH3 is 1. The van der Waals surface area contributed by atoms with Crippen molar-refractivity contribution in [2.45, 2.75) is 13.8 Å². The molecule has 0 fully saturated rings. The molecule has 0 amide bonds. The zero-order valence-electron chi connectivity index (χ0n) is 10.5. The Bertz CT molecular complexity index is 449. The topological polar surface area (TPSA) is 85.2 Å². The maximum atomic E-state index is 12.4. The van der Waals surface area contributed by atoms with Crippen LogP contribution in [0, 0.1) is 0 Å². The van der Waals surface area contributed by atoms with Crippen molar-refractivity contribution in [3.8, 4) is 17.2 Å². The van der Waals surface area contributed by atoms with E-state index < -0.39 is 7.60 Å². The quantitative estimate of drug-likeness (QED) is 0.610. The summed E-state index contributed by atoms with van der Waals surface area (Å²) in [5.41, 5.74) is 0. The summed E-state index contributed by atoms with van der Waals surface area (Å²) < 4.78 is 27.4. The number of rotatable bonds is 6. The van der Waals surface area contributed by atoms with Gasteiger partial charge in [0.05, 0.1) is 20.3 Å². The standard InChI is InChI=1S/C11H17O6P/c1-4-16-18(14,17-5-2)11-7-8(12)10(15-3)6-9(11)13/h6-7,12-13H,4-5H2,1-3H3. The molecule has 0 unspecified atom stereocenters. The molecular formula is C11H17O6P. The Kier molecular flexibility index (Phi) is 5.02. The predicted octanol–water partition coefficient (Wildman–Crippen LogP) is 2.00. The molecule has 0 aromatic heterocycles. The van der Waals surface area contributed by atoms with Crippen LogP contribution < -0.4 is 10.0 Å². The van der Waals surface area contributed by atoms with Gasteiger partial charge in [0.15, 0.2) is 11.5 Å². The van der Waals surface area contributed by atoms with Gasteiger partial charge in [-0.05, 0) is 13.8 Å². The van der Waals surface area contributed by atoms with Gasteiger partial charge in [-0.25, -0.2) is 0 Å². The fourth-order valence-electron chi connectivity index (χ4n) is 1.45. The molecule has 0 aliphatic carbocycles. The number of phenols is 2. The zero-order chi connectivity index (χ0) is 13.8. The average molecular weight is 276 g/mol. The highest BCUT2D eigenvalue weighted by molar-refractivity contribution is 7.62. The Balaban J connectivity index is 3.29. The van der Waals surface area contributed by atoms with Crippen LogP contribution in [0.5, 0.6) is 17.2 Å². The van der Waals surface area contributed by atoms with Gasteiger partial charge in [-0.2, -0.15) is 0 Å². The highest BCUT2D eigenvalue weighted by atomic mass is 31.2. The Morgan fingerprint density at radius 3 is 2.11 bits per heavy atom. The Morgan fingerprint density at radius 1 is 1.11 bits per heavy atom. The van der Waals surface area contributed by atoms with Crippen LogP contribution in [0.25, 0.3) is 0 Å². The Morgan fingerprint density at radius 2 is 1.67 bits per heavy atom. The first-order valence-electron chi connectivity index (χ1n) is 5.48. The second-order valence-corrected chi connectivity index (χ2v) is 5.34. The van der Waals surface area contributed by atoms with Crippen LogP contribution in [0.2, 0.25) is 0 Å². The minimum atomic E-state index is -3.63. The number of aromatic hydroxyl groups is 2. The average Bonchev–Trinajstić information content (AvgIpc) is 2.32. The second-order valence-electron chi connectivity index (χ2n) is 3.35. The lowest BCUT2D eigenvalue weighted by molar-refractivity contribution is 0.229. The van der Waals surface area contributed by atoms with Gasteiger partial charge in [-0.3, -0.25) is 4.57 Å². The van der Waals surface area contributed by atoms with E-state index in [2.05, 4.69) is 0 Å². The molecule has 0 aliphatic rings. The van der Waals surface area contributed by atoms with Crippen molar-refractivity contribution in [1.82, 2.24) is 0 Å². The van der Waals surface area contributed by atoms with E-state index in [0.717, 1.165) is 12.1 Å². The van der Waals surface area contributed by atoms with Crippen LogP contribution >= 0.6 is 7.60 Å². The lowest BCUT2D eigenvalue weighted by atomic mass is 10.3. The molecule has 6 nitrogen and oxygen atoms in total. The summed E-state index contributed by atoms with van der Waals surface area (Å²) in [6.07, 6.45) is 0. The van der Waals surface area contributed by atoms with Gasteiger partial charge in [0.1, 0.15) is 11.1 Å². The molecule has 1 aromatic rings. The molecule has 0 aliphatic heterocycles. The molecule has 0 heterocycles. The molecule has 0 bridgehead atoms. The van der Waals surface area contributed by atoms with E-state index in [1.54, 1.807) is 13.8 Å². The van der Waals surface area contributed by atoms with Crippen molar-refractivity contribution in [3.63, 3.8) is 0 Å². The van der Waals surface area contributed by atoms with E-state index in [1.807, 2.05) is 0 Å². The molecule has 1 aromatic carbocycles. The monoisotopic (exact) mass is 276 g/mol. The van der Waals surface area contributed by atoms with Gasteiger partial charge >= 0.3 is 7.60 Å². The van der Waals surface area contributed by atoms with Crippen LogP contribution in [0.3, 0.4) is 0 Å². The summed E-state index contributed by atoms with van der Waals surface area (Å²) in [6.45, 7) is 3.63. The first-order valence-corrected chi connectivity index (χ1v) is 7.02. The third kappa shape index (κ3) is 2.96. The molecule has 0 atom stereocenters. The summed E-state index contributed by atoms with van der Waals surface area (Å²) >= 11 is 0. The fraction of sp³-hybridized carbons (Fsp3) is 0.455. The van der Waals surface area contributed by atoms with Crippen molar-refractivity contribution in [2.24, 2.45) is 0 Å². The first-order chi connectivity index (χ1) is 8.48. The summed E-state index contributed by atoms with van der Waals surface area (Å²) in [6, 6.07) is 2.29. The molecular weight excluding hydrogens is 259 g/mol. The van der Waals surface area contributed by atoms with Gasteiger partial charge in [0, 0.05) is 12.1 Å². The van der Waals surface area contributed by atoms with Crippen molar-refractivity contribution in [1.29, 1.82) is 0 Å². The number of ether oxygens (including phenoxy) is 1. The van der Waals surface area contributed by atoms with Crippen molar-refractivity contribution < 1.29 is 28.6 Å². The molecule has 1 rings (SSSR count). The molecule has 7 heteroatoms. The first kappa shape index (κ1) is 14.8. The molecule has 0 spiro atoms. The van der Waals surface area contributed by atoms with Gasteiger partial charge in [0.2, 0.25) is 0 Å². The summed E-state index contributed by atoms with van der Waals surface area (Å²) in [5.74, 6) is -0.476. The van der Waals surface area contributed by atoms with E-state index in [0.29, 0.717) is 0 Å². The summed E-state index contributed by atoms with van der Waals surface area (Å²) in [4.78, 5) is 0. The molecule has 0 saturated heterocycles. The van der Waals surface area contributed by atoms with E-state index in [1.165, 1.54) is 7.11 Å². The van der Waals surface area contributed by atoms with Crippen LogP contribution in [0.1, 0.15) is 13.8 Å². The zero-order valence-corrected chi connectivity index (χ0v) is 11.4. The van der Waals surface area contributed by atoms with E-state index in [4.69, 9.17) is 13.8 Å². The highest BCUT2D eigenvalue weighted by Crippen LogP contribution is 2.50. The SMILES string of the molecule is CCOP(=O)(OCC)c1cc(O)c(OC)cc1O. The van der Waals surface area contributed by atoms with Gasteiger partial charge in [-0.1, -0.05) is 0 Å². The predicted molar refractivity (Wildman–Crippen MR) is 66.8 cm³/mol. The Hall–Kier alpha value is -1.23. The second kappa shape index (κ2) is 6.09. The van der Waals surface area contributed by atoms with Crippen molar-refractivity contribution in [2.75, 3.05) is 20.3 Å². The minimum absolute atomic E-state index is 0.0792. The lowest BCUT2D eigenvalue weighted by Crippen LogP contribution is -2.11. The van der Waals surface area contributed by atoms with E-state index >= 15 is 0 Å². The maximum absolute atomic E-state index is 12.4. The van der Waals surface area contributed by atoms with Crippen LogP contribution in [0.15, 0.2) is 12.1 Å². The highest BCUT2D eigenvalue weighted by Gasteiger charge is 2.31. The summed E-state index contributed by atoms with van der Waals surface area (Å²) in [7, 11) is -2.29. The minimum Gasteiger partial charge on any atom is -0.507 e. The number of benzene rings is 1. The fourth-order valence-corrected chi connectivity index (χ4v) is 3.10. The van der Waals surface area contributed by atoms with Crippen molar-refractivity contribution >= 4 is 12.9 Å². The molecule has 0 radical (unpaired) electrons. The van der Waals surface area contributed by atoms with Gasteiger partial charge in [0.25, 0.3) is 0 Å². The normalized spacial score (nSPS) is 11.5. The van der Waals surface area contributed by atoms with Gasteiger partial charge in [-0.15, -0.1) is 0 Å². The molecule has 102 valence electrons. The van der Waals surface area contributed by atoms with Crippen LogP contribution in [0.4, 0.5) is 0 Å². The summed E-state index contributed by atoms with van der Waals surface area (Å²) in [5, 5.41) is 19.4. The molecule has 0 saturated carbocycles. The van der Waals surface area contributed by atoms with E-state index in [-0.39, 0.29) is 35.8 Å². The molecule has 18 heavy (non-hydrogen) atoms.